The smallest absolute Gasteiger partial charge is 0.310 e. The molecule has 1 fully saturated rings. The predicted octanol–water partition coefficient (Wildman–Crippen LogP) is 2.44. The maximum atomic E-state index is 11.9. The van der Waals surface area contributed by atoms with E-state index in [1.54, 1.807) is 12.1 Å². The molecule has 0 saturated carbocycles. The first-order valence-corrected chi connectivity index (χ1v) is 8.20. The van der Waals surface area contributed by atoms with Gasteiger partial charge >= 0.3 is 5.97 Å². The molecule has 1 aromatic rings. The fraction of sp³-hybridized carbons (Fsp3) is 0.500. The fourth-order valence-electron chi connectivity index (χ4n) is 3.23. The van der Waals surface area contributed by atoms with Crippen molar-refractivity contribution in [3.63, 3.8) is 0 Å². The van der Waals surface area contributed by atoms with Crippen LogP contribution in [0.4, 0.5) is 0 Å². The number of fused-ring (bicyclic) bond motifs is 1. The van der Waals surface area contributed by atoms with Crippen LogP contribution in [0, 0.1) is 5.92 Å². The highest BCUT2D eigenvalue weighted by Crippen LogP contribution is 2.30. The van der Waals surface area contributed by atoms with Gasteiger partial charge < -0.3 is 14.6 Å². The highest BCUT2D eigenvalue weighted by Gasteiger charge is 2.27. The molecule has 1 N–H and O–H groups in total. The van der Waals surface area contributed by atoms with Crippen molar-refractivity contribution in [3.05, 3.63) is 29.3 Å². The summed E-state index contributed by atoms with van der Waals surface area (Å²) >= 11 is 0. The molecule has 2 aliphatic heterocycles. The first kappa shape index (κ1) is 15.9. The number of phenols is 1. The quantitative estimate of drug-likeness (QED) is 0.864. The van der Waals surface area contributed by atoms with Gasteiger partial charge in [-0.25, -0.2) is 0 Å². The highest BCUT2D eigenvalue weighted by atomic mass is 16.5. The number of phenolic OH excluding ortho intramolecular Hbond substituents is 1. The van der Waals surface area contributed by atoms with Crippen molar-refractivity contribution in [2.45, 2.75) is 19.8 Å². The molecule has 0 amide bonds. The molecule has 1 aromatic carbocycles. The van der Waals surface area contributed by atoms with Gasteiger partial charge in [0.2, 0.25) is 0 Å². The Morgan fingerprint density at radius 3 is 3.17 bits per heavy atom. The molecule has 5 heteroatoms. The summed E-state index contributed by atoms with van der Waals surface area (Å²) in [7, 11) is 0. The third-order valence-electron chi connectivity index (χ3n) is 4.32. The molecule has 3 rings (SSSR count). The van der Waals surface area contributed by atoms with Gasteiger partial charge in [-0.15, -0.1) is 0 Å². The molecule has 124 valence electrons. The van der Waals surface area contributed by atoms with Crippen LogP contribution in [0.2, 0.25) is 0 Å². The van der Waals surface area contributed by atoms with E-state index in [0.29, 0.717) is 13.2 Å². The monoisotopic (exact) mass is 317 g/mol. The summed E-state index contributed by atoms with van der Waals surface area (Å²) in [6.07, 6.45) is 4.04. The molecule has 2 heterocycles. The minimum Gasteiger partial charge on any atom is -0.508 e. The number of nitrogens with zero attached hydrogens (tertiary/aromatic N) is 1. The second-order valence-corrected chi connectivity index (χ2v) is 6.14. The van der Waals surface area contributed by atoms with Gasteiger partial charge in [0.25, 0.3) is 0 Å². The Kier molecular flexibility index (Phi) is 4.86. The van der Waals surface area contributed by atoms with Crippen LogP contribution in [0.1, 0.15) is 25.3 Å². The molecule has 5 nitrogen and oxygen atoms in total. The lowest BCUT2D eigenvalue weighted by Crippen LogP contribution is -2.40. The highest BCUT2D eigenvalue weighted by molar-refractivity contribution is 5.72. The van der Waals surface area contributed by atoms with Gasteiger partial charge in [-0.1, -0.05) is 0 Å². The second kappa shape index (κ2) is 7.04. The van der Waals surface area contributed by atoms with Crippen molar-refractivity contribution >= 4 is 12.0 Å². The Morgan fingerprint density at radius 2 is 2.35 bits per heavy atom. The molecule has 0 spiro atoms. The number of likely N-dealkylation sites (tertiary alicyclic amines) is 1. The zero-order valence-electron chi connectivity index (χ0n) is 13.5. The third-order valence-corrected chi connectivity index (χ3v) is 4.32. The van der Waals surface area contributed by atoms with Crippen molar-refractivity contribution in [2.24, 2.45) is 5.92 Å². The van der Waals surface area contributed by atoms with E-state index in [0.717, 1.165) is 43.8 Å². The summed E-state index contributed by atoms with van der Waals surface area (Å²) in [6.45, 7) is 5.36. The fourth-order valence-corrected chi connectivity index (χ4v) is 3.23. The molecule has 23 heavy (non-hydrogen) atoms. The van der Waals surface area contributed by atoms with Crippen molar-refractivity contribution in [1.82, 2.24) is 4.90 Å². The number of aromatic hydroxyl groups is 1. The average Bonchev–Trinajstić information content (AvgIpc) is 2.55. The number of hydrogen-bond donors (Lipinski definition) is 1. The maximum Gasteiger partial charge on any atom is 0.310 e. The normalized spacial score (nSPS) is 21.1. The summed E-state index contributed by atoms with van der Waals surface area (Å²) < 4.78 is 10.9. The Morgan fingerprint density at radius 1 is 1.48 bits per heavy atom. The lowest BCUT2D eigenvalue weighted by molar-refractivity contribution is -0.149. The number of benzene rings is 1. The standard InChI is InChI=1S/C18H23NO4/c1-2-22-18(21)15-4-3-7-19(11-15)10-13-8-14-5-6-16(20)9-17(14)23-12-13/h5-6,8-9,15,20H,2-4,7,10-12H2,1H3/t15-/m1/s1. The average molecular weight is 317 g/mol. The topological polar surface area (TPSA) is 59.0 Å². The van der Waals surface area contributed by atoms with E-state index < -0.39 is 0 Å². The Labute approximate surface area is 136 Å². The zero-order valence-corrected chi connectivity index (χ0v) is 13.5. The van der Waals surface area contributed by atoms with Gasteiger partial charge in [-0.05, 0) is 50.1 Å². The van der Waals surface area contributed by atoms with Crippen molar-refractivity contribution in [1.29, 1.82) is 0 Å². The van der Waals surface area contributed by atoms with Gasteiger partial charge in [0.15, 0.2) is 0 Å². The Bertz CT molecular complexity index is 611. The third kappa shape index (κ3) is 3.85. The molecular weight excluding hydrogens is 294 g/mol. The van der Waals surface area contributed by atoms with E-state index in [1.807, 2.05) is 13.0 Å². The maximum absolute atomic E-state index is 11.9. The molecule has 1 saturated heterocycles. The van der Waals surface area contributed by atoms with E-state index >= 15 is 0 Å². The lowest BCUT2D eigenvalue weighted by Gasteiger charge is -2.32. The number of carbonyl (C=O) groups is 1. The predicted molar refractivity (Wildman–Crippen MR) is 87.4 cm³/mol. The molecule has 1 atom stereocenters. The largest absolute Gasteiger partial charge is 0.508 e. The van der Waals surface area contributed by atoms with Crippen LogP contribution in [-0.4, -0.2) is 48.8 Å². The molecule has 0 bridgehead atoms. The summed E-state index contributed by atoms with van der Waals surface area (Å²) in [5.74, 6) is 0.843. The number of hydrogen-bond acceptors (Lipinski definition) is 5. The molecule has 2 aliphatic rings. The van der Waals surface area contributed by atoms with Crippen LogP contribution in [-0.2, 0) is 9.53 Å². The van der Waals surface area contributed by atoms with E-state index in [4.69, 9.17) is 9.47 Å². The summed E-state index contributed by atoms with van der Waals surface area (Å²) in [4.78, 5) is 14.2. The molecule has 0 aliphatic carbocycles. The minimum absolute atomic E-state index is 0.0157. The Balaban J connectivity index is 1.63. The minimum atomic E-state index is -0.0769. The number of esters is 1. The Hall–Kier alpha value is -2.01. The van der Waals surface area contributed by atoms with E-state index in [-0.39, 0.29) is 17.6 Å². The van der Waals surface area contributed by atoms with Crippen LogP contribution in [0.3, 0.4) is 0 Å². The number of carbonyl (C=O) groups excluding carboxylic acids is 1. The SMILES string of the molecule is CCOC(=O)[C@@H]1CCCN(CC2=Cc3ccc(O)cc3OC2)C1. The lowest BCUT2D eigenvalue weighted by atomic mass is 9.97. The number of ether oxygens (including phenoxy) is 2. The molecule has 0 unspecified atom stereocenters. The van der Waals surface area contributed by atoms with Crippen molar-refractivity contribution < 1.29 is 19.4 Å². The van der Waals surface area contributed by atoms with Crippen LogP contribution in [0.25, 0.3) is 6.08 Å². The number of rotatable bonds is 4. The molecule has 0 radical (unpaired) electrons. The number of piperidine rings is 1. The van der Waals surface area contributed by atoms with Gasteiger partial charge in [0, 0.05) is 24.7 Å². The van der Waals surface area contributed by atoms with Crippen LogP contribution >= 0.6 is 0 Å². The van der Waals surface area contributed by atoms with Gasteiger partial charge in [0.05, 0.1) is 12.5 Å². The zero-order chi connectivity index (χ0) is 16.2. The van der Waals surface area contributed by atoms with Gasteiger partial charge in [0.1, 0.15) is 18.1 Å². The van der Waals surface area contributed by atoms with Crippen LogP contribution in [0.5, 0.6) is 11.5 Å². The van der Waals surface area contributed by atoms with E-state index in [2.05, 4.69) is 11.0 Å². The molecule has 0 aromatic heterocycles. The van der Waals surface area contributed by atoms with Gasteiger partial charge in [-0.3, -0.25) is 9.69 Å². The van der Waals surface area contributed by atoms with Crippen molar-refractivity contribution in [3.8, 4) is 11.5 Å². The van der Waals surface area contributed by atoms with Crippen molar-refractivity contribution in [2.75, 3.05) is 32.8 Å². The van der Waals surface area contributed by atoms with Gasteiger partial charge in [-0.2, -0.15) is 0 Å². The van der Waals surface area contributed by atoms with E-state index in [9.17, 15) is 9.90 Å². The summed E-state index contributed by atoms with van der Waals surface area (Å²) in [6, 6.07) is 5.17. The first-order chi connectivity index (χ1) is 11.2. The second-order valence-electron chi connectivity index (χ2n) is 6.14. The van der Waals surface area contributed by atoms with Crippen LogP contribution < -0.4 is 4.74 Å². The first-order valence-electron chi connectivity index (χ1n) is 8.20. The van der Waals surface area contributed by atoms with Crippen LogP contribution in [0.15, 0.2) is 23.8 Å². The summed E-state index contributed by atoms with van der Waals surface area (Å²) in [5.41, 5.74) is 2.18. The van der Waals surface area contributed by atoms with E-state index in [1.165, 1.54) is 5.57 Å². The summed E-state index contributed by atoms with van der Waals surface area (Å²) in [5, 5.41) is 9.49. The molecular formula is C18H23NO4.